The van der Waals surface area contributed by atoms with Gasteiger partial charge in [-0.25, -0.2) is 4.39 Å². The summed E-state index contributed by atoms with van der Waals surface area (Å²) < 4.78 is 18.3. The number of halogens is 1. The molecule has 0 spiro atoms. The van der Waals surface area contributed by atoms with Crippen LogP contribution in [0, 0.1) is 5.82 Å². The van der Waals surface area contributed by atoms with Gasteiger partial charge >= 0.3 is 0 Å². The first-order chi connectivity index (χ1) is 10.6. The van der Waals surface area contributed by atoms with E-state index >= 15 is 0 Å². The molecule has 0 aliphatic carbocycles. The van der Waals surface area contributed by atoms with Crippen molar-refractivity contribution in [1.29, 1.82) is 0 Å². The molecule has 1 atom stereocenters. The van der Waals surface area contributed by atoms with E-state index in [1.54, 1.807) is 23.5 Å². The Morgan fingerprint density at radius 1 is 1.41 bits per heavy atom. The highest BCUT2D eigenvalue weighted by atomic mass is 32.1. The molecule has 0 aliphatic heterocycles. The van der Waals surface area contributed by atoms with Gasteiger partial charge in [-0.15, -0.1) is 0 Å². The van der Waals surface area contributed by atoms with Gasteiger partial charge in [0.25, 0.3) is 5.91 Å². The minimum Gasteiger partial charge on any atom is -0.484 e. The van der Waals surface area contributed by atoms with Crippen LogP contribution in [0.3, 0.4) is 0 Å². The summed E-state index contributed by atoms with van der Waals surface area (Å²) in [5, 5.41) is 6.93. The van der Waals surface area contributed by atoms with Gasteiger partial charge in [0.1, 0.15) is 11.6 Å². The normalized spacial score (nSPS) is 12.2. The summed E-state index contributed by atoms with van der Waals surface area (Å²) in [5.41, 5.74) is 1.17. The maximum Gasteiger partial charge on any atom is 0.258 e. The monoisotopic (exact) mass is 322 g/mol. The summed E-state index contributed by atoms with van der Waals surface area (Å²) >= 11 is 1.63. The predicted octanol–water partition coefficient (Wildman–Crippen LogP) is 2.69. The molecule has 1 heterocycles. The van der Waals surface area contributed by atoms with Crippen molar-refractivity contribution in [2.45, 2.75) is 6.04 Å². The fourth-order valence-corrected chi connectivity index (χ4v) is 2.74. The van der Waals surface area contributed by atoms with Crippen LogP contribution in [0.4, 0.5) is 4.39 Å². The number of ether oxygens (including phenoxy) is 1. The summed E-state index contributed by atoms with van der Waals surface area (Å²) in [6, 6.07) is 7.90. The summed E-state index contributed by atoms with van der Waals surface area (Å²) in [5.74, 6) is -0.272. The molecule has 0 saturated carbocycles. The molecule has 2 aromatic rings. The van der Waals surface area contributed by atoms with Gasteiger partial charge in [-0.05, 0) is 48.6 Å². The van der Waals surface area contributed by atoms with Crippen LogP contribution in [0.25, 0.3) is 0 Å². The lowest BCUT2D eigenvalue weighted by atomic mass is 10.1. The van der Waals surface area contributed by atoms with Gasteiger partial charge in [-0.1, -0.05) is 6.07 Å². The zero-order chi connectivity index (χ0) is 15.9. The number of carbonyl (C=O) groups excluding carboxylic acids is 1. The van der Waals surface area contributed by atoms with E-state index in [1.165, 1.54) is 17.7 Å². The first-order valence-electron chi connectivity index (χ1n) is 6.90. The lowest BCUT2D eigenvalue weighted by Crippen LogP contribution is -2.36. The average molecular weight is 322 g/mol. The Kier molecular flexibility index (Phi) is 5.91. The maximum atomic E-state index is 13.0. The molecule has 1 amide bonds. The SMILES string of the molecule is CN(C)C(CNC(=O)COc1cccc(F)c1)c1ccsc1. The van der Waals surface area contributed by atoms with Gasteiger partial charge in [0.2, 0.25) is 0 Å². The molecule has 118 valence electrons. The second-order valence-corrected chi connectivity index (χ2v) is 5.87. The van der Waals surface area contributed by atoms with Crippen molar-refractivity contribution in [3.63, 3.8) is 0 Å². The molecular formula is C16H19FN2O2S. The molecule has 1 aromatic carbocycles. The third-order valence-electron chi connectivity index (χ3n) is 3.21. The van der Waals surface area contributed by atoms with Crippen molar-refractivity contribution in [3.8, 4) is 5.75 Å². The van der Waals surface area contributed by atoms with Crippen LogP contribution >= 0.6 is 11.3 Å². The molecule has 4 nitrogen and oxygen atoms in total. The molecule has 1 N–H and O–H groups in total. The second kappa shape index (κ2) is 7.91. The fraction of sp³-hybridized carbons (Fsp3) is 0.312. The Balaban J connectivity index is 1.81. The Morgan fingerprint density at radius 3 is 2.86 bits per heavy atom. The van der Waals surface area contributed by atoms with Gasteiger partial charge in [0, 0.05) is 12.6 Å². The topological polar surface area (TPSA) is 41.6 Å². The molecule has 6 heteroatoms. The number of nitrogens with zero attached hydrogens (tertiary/aromatic N) is 1. The molecular weight excluding hydrogens is 303 g/mol. The van der Waals surface area contributed by atoms with Crippen LogP contribution in [0.15, 0.2) is 41.1 Å². The van der Waals surface area contributed by atoms with Crippen molar-refractivity contribution in [2.24, 2.45) is 0 Å². The largest absolute Gasteiger partial charge is 0.484 e. The maximum absolute atomic E-state index is 13.0. The van der Waals surface area contributed by atoms with E-state index in [-0.39, 0.29) is 24.4 Å². The molecule has 0 fully saturated rings. The summed E-state index contributed by atoms with van der Waals surface area (Å²) in [4.78, 5) is 13.9. The van der Waals surface area contributed by atoms with E-state index in [4.69, 9.17) is 4.74 Å². The van der Waals surface area contributed by atoms with Gasteiger partial charge in [-0.2, -0.15) is 11.3 Å². The van der Waals surface area contributed by atoms with E-state index in [0.717, 1.165) is 0 Å². The van der Waals surface area contributed by atoms with E-state index in [2.05, 4.69) is 15.6 Å². The van der Waals surface area contributed by atoms with Crippen molar-refractivity contribution in [2.75, 3.05) is 27.2 Å². The number of thiophene rings is 1. The van der Waals surface area contributed by atoms with E-state index in [1.807, 2.05) is 25.5 Å². The second-order valence-electron chi connectivity index (χ2n) is 5.09. The molecule has 0 aliphatic rings. The lowest BCUT2D eigenvalue weighted by Gasteiger charge is -2.24. The van der Waals surface area contributed by atoms with Gasteiger partial charge in [-0.3, -0.25) is 4.79 Å². The van der Waals surface area contributed by atoms with Crippen LogP contribution in [-0.4, -0.2) is 38.1 Å². The minimum atomic E-state index is -0.386. The molecule has 0 bridgehead atoms. The first-order valence-corrected chi connectivity index (χ1v) is 7.84. The number of nitrogens with one attached hydrogen (secondary N) is 1. The minimum absolute atomic E-state index is 0.115. The van der Waals surface area contributed by atoms with Gasteiger partial charge in [0.15, 0.2) is 6.61 Å². The first kappa shape index (κ1) is 16.5. The average Bonchev–Trinajstić information content (AvgIpc) is 2.99. The Labute approximate surface area is 133 Å². The molecule has 1 unspecified atom stereocenters. The highest BCUT2D eigenvalue weighted by Gasteiger charge is 2.15. The quantitative estimate of drug-likeness (QED) is 0.852. The highest BCUT2D eigenvalue weighted by molar-refractivity contribution is 7.07. The van der Waals surface area contributed by atoms with Gasteiger partial charge in [0.05, 0.1) is 6.04 Å². The number of rotatable bonds is 7. The number of hydrogen-bond donors (Lipinski definition) is 1. The summed E-state index contributed by atoms with van der Waals surface area (Å²) in [6.45, 7) is 0.363. The number of benzene rings is 1. The lowest BCUT2D eigenvalue weighted by molar-refractivity contribution is -0.123. The standard InChI is InChI=1S/C16H19FN2O2S/c1-19(2)15(12-6-7-22-11-12)9-18-16(20)10-21-14-5-3-4-13(17)8-14/h3-8,11,15H,9-10H2,1-2H3,(H,18,20). The van der Waals surface area contributed by atoms with Crippen LogP contribution < -0.4 is 10.1 Å². The predicted molar refractivity (Wildman–Crippen MR) is 85.7 cm³/mol. The summed E-state index contributed by atoms with van der Waals surface area (Å²) in [7, 11) is 3.94. The zero-order valence-electron chi connectivity index (χ0n) is 12.6. The highest BCUT2D eigenvalue weighted by Crippen LogP contribution is 2.20. The van der Waals surface area contributed by atoms with E-state index in [0.29, 0.717) is 12.3 Å². The smallest absolute Gasteiger partial charge is 0.258 e. The third kappa shape index (κ3) is 4.82. The van der Waals surface area contributed by atoms with Crippen molar-refractivity contribution in [3.05, 3.63) is 52.5 Å². The van der Waals surface area contributed by atoms with Crippen LogP contribution in [-0.2, 0) is 4.79 Å². The zero-order valence-corrected chi connectivity index (χ0v) is 13.4. The fourth-order valence-electron chi connectivity index (χ4n) is 2.03. The number of carbonyl (C=O) groups is 1. The number of amides is 1. The Morgan fingerprint density at radius 2 is 2.23 bits per heavy atom. The molecule has 22 heavy (non-hydrogen) atoms. The van der Waals surface area contributed by atoms with E-state index in [9.17, 15) is 9.18 Å². The molecule has 2 rings (SSSR count). The van der Waals surface area contributed by atoms with E-state index < -0.39 is 0 Å². The Hall–Kier alpha value is -1.92. The number of hydrogen-bond acceptors (Lipinski definition) is 4. The third-order valence-corrected chi connectivity index (χ3v) is 3.91. The number of likely N-dealkylation sites (N-methyl/N-ethyl adjacent to an activating group) is 1. The molecule has 0 radical (unpaired) electrons. The molecule has 1 aromatic heterocycles. The van der Waals surface area contributed by atoms with Crippen molar-refractivity contribution in [1.82, 2.24) is 10.2 Å². The van der Waals surface area contributed by atoms with Crippen LogP contribution in [0.5, 0.6) is 5.75 Å². The van der Waals surface area contributed by atoms with Crippen molar-refractivity contribution < 1.29 is 13.9 Å². The Bertz CT molecular complexity index is 602. The van der Waals surface area contributed by atoms with Crippen LogP contribution in [0.2, 0.25) is 0 Å². The van der Waals surface area contributed by atoms with Crippen LogP contribution in [0.1, 0.15) is 11.6 Å². The van der Waals surface area contributed by atoms with Crippen molar-refractivity contribution >= 4 is 17.2 Å². The molecule has 0 saturated heterocycles. The summed E-state index contributed by atoms with van der Waals surface area (Å²) in [6.07, 6.45) is 0. The van der Waals surface area contributed by atoms with Gasteiger partial charge < -0.3 is 15.0 Å².